The molecule has 1 heterocycles. The summed E-state index contributed by atoms with van der Waals surface area (Å²) < 4.78 is 4.93. The molecular formula is C16H18O4. The van der Waals surface area contributed by atoms with Crippen LogP contribution in [-0.4, -0.2) is 24.1 Å². The average Bonchev–Trinajstić information content (AvgIpc) is 2.68. The van der Waals surface area contributed by atoms with Crippen LogP contribution in [0, 0.1) is 12.3 Å². The molecule has 0 unspecified atom stereocenters. The van der Waals surface area contributed by atoms with Gasteiger partial charge >= 0.3 is 5.97 Å². The van der Waals surface area contributed by atoms with Crippen molar-refractivity contribution in [2.45, 2.75) is 33.1 Å². The standard InChI is InChI=1S/C16H18O4/c1-11-5-3-4-6-13(11)9-16(8-7-12(2)17)14(18)10-20-15(16)19/h3-6H,7-10H2,1-2H3/t16-/m1/s1. The Balaban J connectivity index is 2.32. The highest BCUT2D eigenvalue weighted by Gasteiger charge is 2.51. The van der Waals surface area contributed by atoms with E-state index in [0.29, 0.717) is 6.42 Å². The second kappa shape index (κ2) is 5.57. The predicted molar refractivity (Wildman–Crippen MR) is 73.2 cm³/mol. The Morgan fingerprint density at radius 3 is 2.55 bits per heavy atom. The third kappa shape index (κ3) is 2.64. The van der Waals surface area contributed by atoms with Crippen LogP contribution in [0.5, 0.6) is 0 Å². The van der Waals surface area contributed by atoms with Gasteiger partial charge in [-0.15, -0.1) is 0 Å². The smallest absolute Gasteiger partial charge is 0.320 e. The fraction of sp³-hybridized carbons (Fsp3) is 0.438. The van der Waals surface area contributed by atoms with Crippen molar-refractivity contribution in [1.82, 2.24) is 0 Å². The number of hydrogen-bond donors (Lipinski definition) is 0. The van der Waals surface area contributed by atoms with Crippen molar-refractivity contribution < 1.29 is 19.1 Å². The van der Waals surface area contributed by atoms with Crippen molar-refractivity contribution in [3.05, 3.63) is 35.4 Å². The van der Waals surface area contributed by atoms with Gasteiger partial charge in [0, 0.05) is 6.42 Å². The molecule has 2 rings (SSSR count). The molecule has 0 spiro atoms. The largest absolute Gasteiger partial charge is 0.457 e. The number of carbonyl (C=O) groups excluding carboxylic acids is 3. The van der Waals surface area contributed by atoms with Gasteiger partial charge in [0.25, 0.3) is 0 Å². The third-order valence-electron chi connectivity index (χ3n) is 3.92. The minimum absolute atomic E-state index is 0.0262. The number of cyclic esters (lactones) is 1. The molecule has 0 aromatic heterocycles. The maximum Gasteiger partial charge on any atom is 0.320 e. The third-order valence-corrected chi connectivity index (χ3v) is 3.92. The van der Waals surface area contributed by atoms with Crippen molar-refractivity contribution in [3.8, 4) is 0 Å². The molecule has 1 fully saturated rings. The molecule has 1 atom stereocenters. The summed E-state index contributed by atoms with van der Waals surface area (Å²) in [5.41, 5.74) is 0.795. The van der Waals surface area contributed by atoms with E-state index in [1.54, 1.807) is 0 Å². The molecule has 20 heavy (non-hydrogen) atoms. The molecule has 1 aromatic rings. The van der Waals surface area contributed by atoms with Crippen LogP contribution in [-0.2, 0) is 25.5 Å². The number of hydrogen-bond acceptors (Lipinski definition) is 4. The topological polar surface area (TPSA) is 60.4 Å². The molecule has 4 heteroatoms. The summed E-state index contributed by atoms with van der Waals surface area (Å²) in [5.74, 6) is -0.735. The number of rotatable bonds is 5. The Bertz CT molecular complexity index is 543. The van der Waals surface area contributed by atoms with E-state index in [1.165, 1.54) is 6.92 Å². The van der Waals surface area contributed by atoms with Crippen molar-refractivity contribution in [1.29, 1.82) is 0 Å². The van der Waals surface area contributed by atoms with E-state index in [-0.39, 0.29) is 31.0 Å². The SMILES string of the molecule is CC(=O)CC[C@@]1(Cc2ccccc2C)C(=O)COC1=O. The van der Waals surface area contributed by atoms with Gasteiger partial charge in [-0.3, -0.25) is 9.59 Å². The van der Waals surface area contributed by atoms with Gasteiger partial charge in [-0.25, -0.2) is 0 Å². The molecule has 106 valence electrons. The van der Waals surface area contributed by atoms with Gasteiger partial charge in [0.15, 0.2) is 12.4 Å². The van der Waals surface area contributed by atoms with Gasteiger partial charge in [0.05, 0.1) is 0 Å². The molecule has 0 radical (unpaired) electrons. The molecule has 1 aliphatic heterocycles. The molecule has 0 N–H and O–H groups in total. The van der Waals surface area contributed by atoms with Crippen LogP contribution in [0.4, 0.5) is 0 Å². The van der Waals surface area contributed by atoms with Gasteiger partial charge in [-0.1, -0.05) is 24.3 Å². The van der Waals surface area contributed by atoms with E-state index < -0.39 is 11.4 Å². The van der Waals surface area contributed by atoms with Crippen LogP contribution in [0.15, 0.2) is 24.3 Å². The maximum absolute atomic E-state index is 12.2. The van der Waals surface area contributed by atoms with E-state index in [1.807, 2.05) is 31.2 Å². The van der Waals surface area contributed by atoms with Gasteiger partial charge < -0.3 is 9.53 Å². The quantitative estimate of drug-likeness (QED) is 0.609. The summed E-state index contributed by atoms with van der Waals surface area (Å²) in [5, 5.41) is 0. The highest BCUT2D eigenvalue weighted by Crippen LogP contribution is 2.36. The Morgan fingerprint density at radius 2 is 2.00 bits per heavy atom. The summed E-state index contributed by atoms with van der Waals surface area (Å²) in [6.07, 6.45) is 0.756. The molecule has 1 aromatic carbocycles. The molecule has 0 aliphatic carbocycles. The summed E-state index contributed by atoms with van der Waals surface area (Å²) in [6.45, 7) is 3.23. The number of ketones is 2. The molecule has 0 bridgehead atoms. The molecule has 4 nitrogen and oxygen atoms in total. The number of ether oxygens (including phenoxy) is 1. The lowest BCUT2D eigenvalue weighted by Crippen LogP contribution is -2.36. The Hall–Kier alpha value is -1.97. The zero-order chi connectivity index (χ0) is 14.8. The minimum Gasteiger partial charge on any atom is -0.457 e. The highest BCUT2D eigenvalue weighted by molar-refractivity contribution is 6.09. The second-order valence-corrected chi connectivity index (χ2v) is 5.39. The predicted octanol–water partition coefficient (Wildman–Crippen LogP) is 2.02. The van der Waals surface area contributed by atoms with Crippen molar-refractivity contribution >= 4 is 17.5 Å². The van der Waals surface area contributed by atoms with Crippen LogP contribution in [0.2, 0.25) is 0 Å². The Labute approximate surface area is 118 Å². The summed E-state index contributed by atoms with van der Waals surface area (Å²) in [7, 11) is 0. The zero-order valence-corrected chi connectivity index (χ0v) is 11.8. The molecule has 0 amide bonds. The van der Waals surface area contributed by atoms with Crippen LogP contribution in [0.25, 0.3) is 0 Å². The average molecular weight is 274 g/mol. The zero-order valence-electron chi connectivity index (χ0n) is 11.8. The molecule has 0 saturated carbocycles. The fourth-order valence-corrected chi connectivity index (χ4v) is 2.54. The first-order chi connectivity index (χ1) is 9.45. The first kappa shape index (κ1) is 14.4. The van der Waals surface area contributed by atoms with Gasteiger partial charge in [-0.2, -0.15) is 0 Å². The normalized spacial score (nSPS) is 21.9. The minimum atomic E-state index is -1.18. The summed E-state index contributed by atoms with van der Waals surface area (Å²) in [6, 6.07) is 7.64. The number of aryl methyl sites for hydroxylation is 1. The van der Waals surface area contributed by atoms with E-state index in [0.717, 1.165) is 11.1 Å². The van der Waals surface area contributed by atoms with Crippen molar-refractivity contribution in [3.63, 3.8) is 0 Å². The van der Waals surface area contributed by atoms with Gasteiger partial charge in [0.2, 0.25) is 0 Å². The Kier molecular flexibility index (Phi) is 4.02. The van der Waals surface area contributed by atoms with E-state index >= 15 is 0 Å². The second-order valence-electron chi connectivity index (χ2n) is 5.39. The summed E-state index contributed by atoms with van der Waals surface area (Å²) >= 11 is 0. The summed E-state index contributed by atoms with van der Waals surface area (Å²) in [4.78, 5) is 35.5. The number of Topliss-reactive ketones (excluding diaryl/α,β-unsaturated/α-hetero) is 2. The lowest BCUT2D eigenvalue weighted by molar-refractivity contribution is -0.147. The van der Waals surface area contributed by atoms with Crippen molar-refractivity contribution in [2.75, 3.05) is 6.61 Å². The van der Waals surface area contributed by atoms with Crippen LogP contribution < -0.4 is 0 Å². The Morgan fingerprint density at radius 1 is 1.30 bits per heavy atom. The first-order valence-corrected chi connectivity index (χ1v) is 6.70. The van der Waals surface area contributed by atoms with Crippen LogP contribution in [0.3, 0.4) is 0 Å². The van der Waals surface area contributed by atoms with Crippen LogP contribution >= 0.6 is 0 Å². The number of esters is 1. The molecule has 1 aliphatic rings. The lowest BCUT2D eigenvalue weighted by Gasteiger charge is -2.23. The van der Waals surface area contributed by atoms with E-state index in [4.69, 9.17) is 4.74 Å². The van der Waals surface area contributed by atoms with Crippen LogP contribution in [0.1, 0.15) is 30.9 Å². The number of benzene rings is 1. The number of carbonyl (C=O) groups is 3. The van der Waals surface area contributed by atoms with E-state index in [2.05, 4.69) is 0 Å². The highest BCUT2D eigenvalue weighted by atomic mass is 16.5. The van der Waals surface area contributed by atoms with E-state index in [9.17, 15) is 14.4 Å². The van der Waals surface area contributed by atoms with Crippen molar-refractivity contribution in [2.24, 2.45) is 5.41 Å². The first-order valence-electron chi connectivity index (χ1n) is 6.70. The fourth-order valence-electron chi connectivity index (χ4n) is 2.54. The van der Waals surface area contributed by atoms with Gasteiger partial charge in [0.1, 0.15) is 11.2 Å². The lowest BCUT2D eigenvalue weighted by atomic mass is 9.74. The maximum atomic E-state index is 12.2. The monoisotopic (exact) mass is 274 g/mol. The molecular weight excluding hydrogens is 256 g/mol. The molecule has 1 saturated heterocycles. The van der Waals surface area contributed by atoms with Gasteiger partial charge in [-0.05, 0) is 37.8 Å².